The van der Waals surface area contributed by atoms with Gasteiger partial charge < -0.3 is 14.8 Å². The van der Waals surface area contributed by atoms with E-state index in [1.54, 1.807) is 18.2 Å². The average Bonchev–Trinajstić information content (AvgIpc) is 3.29. The highest BCUT2D eigenvalue weighted by Crippen LogP contribution is 2.37. The van der Waals surface area contributed by atoms with Crippen LogP contribution < -0.4 is 14.8 Å². The van der Waals surface area contributed by atoms with Crippen molar-refractivity contribution >= 4 is 28.3 Å². The van der Waals surface area contributed by atoms with E-state index in [9.17, 15) is 4.79 Å². The van der Waals surface area contributed by atoms with Gasteiger partial charge in [0.05, 0.1) is 0 Å². The van der Waals surface area contributed by atoms with Gasteiger partial charge in [0.15, 0.2) is 11.5 Å². The number of rotatable bonds is 9. The number of amides is 1. The van der Waals surface area contributed by atoms with Crippen LogP contribution >= 0.6 is 11.8 Å². The molecule has 170 valence electrons. The molecule has 0 bridgehead atoms. The van der Waals surface area contributed by atoms with Gasteiger partial charge in [-0.1, -0.05) is 62.4 Å². The molecule has 6 heteroatoms. The molecule has 0 saturated heterocycles. The molecule has 1 amide bonds. The summed E-state index contributed by atoms with van der Waals surface area (Å²) in [6.45, 7) is 8.74. The number of nitrogens with zero attached hydrogens (tertiary/aromatic N) is 1. The number of para-hydroxylation sites is 1. The summed E-state index contributed by atoms with van der Waals surface area (Å²) >= 11 is 1.52. The molecule has 0 spiro atoms. The number of ether oxygens (including phenoxy) is 2. The van der Waals surface area contributed by atoms with E-state index in [4.69, 9.17) is 9.47 Å². The molecule has 0 aliphatic carbocycles. The zero-order valence-electron chi connectivity index (χ0n) is 19.0. The number of hydrogen-bond donors (Lipinski definition) is 1. The number of carbonyl (C=O) groups is 1. The smallest absolute Gasteiger partial charge is 0.255 e. The minimum atomic E-state index is -0.218. The Kier molecular flexibility index (Phi) is 7.35. The van der Waals surface area contributed by atoms with Crippen LogP contribution in [-0.4, -0.2) is 17.7 Å². The second-order valence-electron chi connectivity index (χ2n) is 8.02. The van der Waals surface area contributed by atoms with Crippen molar-refractivity contribution < 1.29 is 14.3 Å². The molecular formula is C27H28N2O3S. The average molecular weight is 461 g/mol. The van der Waals surface area contributed by atoms with Crippen LogP contribution in [0.4, 0.5) is 5.69 Å². The van der Waals surface area contributed by atoms with Gasteiger partial charge in [-0.2, -0.15) is 0 Å². The zero-order chi connectivity index (χ0) is 23.2. The van der Waals surface area contributed by atoms with Gasteiger partial charge in [-0.05, 0) is 55.2 Å². The van der Waals surface area contributed by atoms with Crippen molar-refractivity contribution in [2.45, 2.75) is 44.6 Å². The summed E-state index contributed by atoms with van der Waals surface area (Å²) in [6.07, 6.45) is 6.66. The number of hydrogen-bond acceptors (Lipinski definition) is 5. The number of aryl methyl sites for hydroxylation is 2. The van der Waals surface area contributed by atoms with Crippen LogP contribution in [0.25, 0.3) is 4.91 Å². The monoisotopic (exact) mass is 460 g/mol. The summed E-state index contributed by atoms with van der Waals surface area (Å²) in [4.78, 5) is 18.4. The van der Waals surface area contributed by atoms with Crippen LogP contribution in [0.5, 0.6) is 11.5 Å². The van der Waals surface area contributed by atoms with Crippen LogP contribution in [0.15, 0.2) is 66.3 Å². The van der Waals surface area contributed by atoms with Gasteiger partial charge in [-0.15, -0.1) is 0 Å². The number of benzene rings is 2. The number of nitrogens with one attached hydrogen (secondary N) is 1. The largest absolute Gasteiger partial charge is 0.454 e. The molecule has 2 aromatic carbocycles. The summed E-state index contributed by atoms with van der Waals surface area (Å²) in [5.41, 5.74) is 4.48. The Bertz CT molecular complexity index is 1180. The van der Waals surface area contributed by atoms with E-state index < -0.39 is 0 Å². The maximum atomic E-state index is 12.9. The van der Waals surface area contributed by atoms with Crippen LogP contribution in [0.3, 0.4) is 0 Å². The van der Waals surface area contributed by atoms with Gasteiger partial charge in [0, 0.05) is 27.9 Å². The maximum absolute atomic E-state index is 12.9. The number of pyridine rings is 1. The van der Waals surface area contributed by atoms with E-state index in [0.29, 0.717) is 22.7 Å². The lowest BCUT2D eigenvalue weighted by Crippen LogP contribution is -2.13. The Morgan fingerprint density at radius 2 is 1.94 bits per heavy atom. The van der Waals surface area contributed by atoms with Gasteiger partial charge in [0.2, 0.25) is 6.79 Å². The summed E-state index contributed by atoms with van der Waals surface area (Å²) in [5.74, 6) is 1.01. The van der Waals surface area contributed by atoms with Crippen LogP contribution in [0.2, 0.25) is 0 Å². The minimum absolute atomic E-state index is 0.174. The molecule has 5 nitrogen and oxygen atoms in total. The minimum Gasteiger partial charge on any atom is -0.454 e. The van der Waals surface area contributed by atoms with E-state index in [-0.39, 0.29) is 12.7 Å². The highest BCUT2D eigenvalue weighted by Gasteiger charge is 2.18. The summed E-state index contributed by atoms with van der Waals surface area (Å²) in [6, 6.07) is 15.1. The Morgan fingerprint density at radius 3 is 2.76 bits per heavy atom. The first-order chi connectivity index (χ1) is 16.0. The quantitative estimate of drug-likeness (QED) is 0.279. The molecule has 0 fully saturated rings. The van der Waals surface area contributed by atoms with Crippen LogP contribution in [0, 0.1) is 6.92 Å². The first-order valence-corrected chi connectivity index (χ1v) is 12.0. The third-order valence-corrected chi connectivity index (χ3v) is 6.57. The SMILES string of the molecule is C=C(Sc1ncc(CCCCC)cc1C)c1ccccc1NC(=O)c1ccc2c(c1)OCO2. The number of fused-ring (bicyclic) bond motifs is 1. The Balaban J connectivity index is 1.47. The van der Waals surface area contributed by atoms with Crippen molar-refractivity contribution in [1.29, 1.82) is 0 Å². The van der Waals surface area contributed by atoms with Gasteiger partial charge >= 0.3 is 0 Å². The number of carbonyl (C=O) groups excluding carboxylic acids is 1. The van der Waals surface area contributed by atoms with E-state index in [2.05, 4.69) is 36.8 Å². The van der Waals surface area contributed by atoms with Gasteiger partial charge in [-0.3, -0.25) is 4.79 Å². The fourth-order valence-corrected chi connectivity index (χ4v) is 4.53. The molecule has 4 rings (SSSR count). The van der Waals surface area contributed by atoms with Crippen molar-refractivity contribution in [1.82, 2.24) is 4.98 Å². The molecule has 0 unspecified atom stereocenters. The molecule has 0 radical (unpaired) electrons. The fourth-order valence-electron chi connectivity index (χ4n) is 3.68. The van der Waals surface area contributed by atoms with Crippen LogP contribution in [-0.2, 0) is 6.42 Å². The second-order valence-corrected chi connectivity index (χ2v) is 9.10. The molecule has 1 aliphatic heterocycles. The first-order valence-electron chi connectivity index (χ1n) is 11.2. The maximum Gasteiger partial charge on any atom is 0.255 e. The predicted octanol–water partition coefficient (Wildman–Crippen LogP) is 6.87. The topological polar surface area (TPSA) is 60.5 Å². The number of thioether (sulfide) groups is 1. The van der Waals surface area contributed by atoms with E-state index in [1.165, 1.54) is 36.6 Å². The molecular weight excluding hydrogens is 432 g/mol. The third kappa shape index (κ3) is 5.57. The molecule has 1 aliphatic rings. The highest BCUT2D eigenvalue weighted by molar-refractivity contribution is 8.08. The Hall–Kier alpha value is -3.25. The molecule has 1 aromatic heterocycles. The predicted molar refractivity (Wildman–Crippen MR) is 134 cm³/mol. The lowest BCUT2D eigenvalue weighted by molar-refractivity contribution is 0.102. The summed E-state index contributed by atoms with van der Waals surface area (Å²) in [7, 11) is 0. The zero-order valence-corrected chi connectivity index (χ0v) is 19.8. The fraction of sp³-hybridized carbons (Fsp3) is 0.259. The molecule has 2 heterocycles. The van der Waals surface area contributed by atoms with Crippen molar-refractivity contribution in [3.05, 3.63) is 83.6 Å². The first kappa shape index (κ1) is 22.9. The number of anilines is 1. The normalized spacial score (nSPS) is 11.9. The van der Waals surface area contributed by atoms with E-state index in [0.717, 1.165) is 27.5 Å². The van der Waals surface area contributed by atoms with Crippen molar-refractivity contribution in [2.75, 3.05) is 12.1 Å². The Labute approximate surface area is 199 Å². The van der Waals surface area contributed by atoms with E-state index in [1.807, 2.05) is 30.5 Å². The number of aromatic nitrogens is 1. The highest BCUT2D eigenvalue weighted by atomic mass is 32.2. The van der Waals surface area contributed by atoms with Crippen molar-refractivity contribution in [3.63, 3.8) is 0 Å². The molecule has 1 N–H and O–H groups in total. The molecule has 0 saturated carbocycles. The van der Waals surface area contributed by atoms with Gasteiger partial charge in [0.25, 0.3) is 5.91 Å². The second kappa shape index (κ2) is 10.6. The lowest BCUT2D eigenvalue weighted by Gasteiger charge is -2.14. The summed E-state index contributed by atoms with van der Waals surface area (Å²) < 4.78 is 10.7. The molecule has 0 atom stereocenters. The van der Waals surface area contributed by atoms with Crippen LogP contribution in [0.1, 0.15) is 53.2 Å². The lowest BCUT2D eigenvalue weighted by atomic mass is 10.1. The third-order valence-electron chi connectivity index (χ3n) is 5.49. The Morgan fingerprint density at radius 1 is 1.12 bits per heavy atom. The van der Waals surface area contributed by atoms with Crippen molar-refractivity contribution in [3.8, 4) is 11.5 Å². The number of unbranched alkanes of at least 4 members (excludes halogenated alkanes) is 2. The molecule has 33 heavy (non-hydrogen) atoms. The van der Waals surface area contributed by atoms with Crippen molar-refractivity contribution in [2.24, 2.45) is 0 Å². The molecule has 3 aromatic rings. The standard InChI is InChI=1S/C27H28N2O3S/c1-4-5-6-9-20-14-18(2)27(28-16-20)33-19(3)22-10-7-8-11-23(22)29-26(30)21-12-13-24-25(15-21)32-17-31-24/h7-8,10-16H,3-6,9,17H2,1-2H3,(H,29,30). The van der Waals surface area contributed by atoms with Gasteiger partial charge in [-0.25, -0.2) is 4.98 Å². The summed E-state index contributed by atoms with van der Waals surface area (Å²) in [5, 5.41) is 3.93. The van der Waals surface area contributed by atoms with Gasteiger partial charge in [0.1, 0.15) is 5.03 Å². The van der Waals surface area contributed by atoms with E-state index >= 15 is 0 Å².